The molecule has 0 saturated heterocycles. The van der Waals surface area contributed by atoms with Gasteiger partial charge in [-0.2, -0.15) is 0 Å². The molecule has 0 aromatic carbocycles. The van der Waals surface area contributed by atoms with E-state index in [1.807, 2.05) is 20.8 Å². The van der Waals surface area contributed by atoms with Crippen molar-refractivity contribution < 1.29 is 50.4 Å². The summed E-state index contributed by atoms with van der Waals surface area (Å²) in [6.45, 7) is 7.40. The number of ether oxygens (including phenoxy) is 1. The highest BCUT2D eigenvalue weighted by Gasteiger charge is 2.27. The van der Waals surface area contributed by atoms with E-state index in [1.54, 1.807) is 67.7 Å². The van der Waals surface area contributed by atoms with Crippen molar-refractivity contribution in [3.8, 4) is 0 Å². The Morgan fingerprint density at radius 3 is 1.59 bits per heavy atom. The average molecular weight is 651 g/mol. The second-order valence-corrected chi connectivity index (χ2v) is 12.8. The number of carbonyl (C=O) groups is 1. The van der Waals surface area contributed by atoms with Crippen molar-refractivity contribution in [1.82, 2.24) is 0 Å². The Morgan fingerprint density at radius 2 is 1.07 bits per heavy atom. The molecule has 10 nitrogen and oxygen atoms in total. The molecule has 262 valence electrons. The lowest BCUT2D eigenvalue weighted by atomic mass is 9.90. The van der Waals surface area contributed by atoms with Crippen LogP contribution in [0.15, 0.2) is 72.9 Å². The van der Waals surface area contributed by atoms with Gasteiger partial charge in [0.2, 0.25) is 0 Å². The lowest BCUT2D eigenvalue weighted by Gasteiger charge is -2.26. The van der Waals surface area contributed by atoms with Gasteiger partial charge in [0.1, 0.15) is 6.10 Å². The van der Waals surface area contributed by atoms with Crippen molar-refractivity contribution in [2.75, 3.05) is 0 Å². The fraction of sp³-hybridized carbons (Fsp3) is 0.639. The summed E-state index contributed by atoms with van der Waals surface area (Å²) in [4.78, 5) is 12.4. The van der Waals surface area contributed by atoms with Crippen LogP contribution in [0.3, 0.4) is 0 Å². The number of esters is 1. The quantitative estimate of drug-likeness (QED) is 0.155. The molecule has 8 N–H and O–H groups in total. The maximum atomic E-state index is 12.4. The molecule has 0 fully saturated rings. The largest absolute Gasteiger partial charge is 0.458 e. The highest BCUT2D eigenvalue weighted by molar-refractivity contribution is 5.82. The van der Waals surface area contributed by atoms with Crippen LogP contribution in [0.2, 0.25) is 0 Å². The van der Waals surface area contributed by atoms with E-state index in [1.165, 1.54) is 12.2 Å². The maximum Gasteiger partial charge on any atom is 0.331 e. The Balaban J connectivity index is 2.98. The number of cyclic esters (lactones) is 1. The molecule has 0 radical (unpaired) electrons. The number of aliphatic hydroxyl groups is 8. The predicted octanol–water partition coefficient (Wildman–Crippen LogP) is 2.80. The molecule has 0 aliphatic carbocycles. The fourth-order valence-electron chi connectivity index (χ4n) is 5.31. The van der Waals surface area contributed by atoms with Gasteiger partial charge in [0.25, 0.3) is 0 Å². The molecule has 1 aliphatic heterocycles. The summed E-state index contributed by atoms with van der Waals surface area (Å²) in [5.41, 5.74) is 0. The topological polar surface area (TPSA) is 188 Å². The van der Waals surface area contributed by atoms with Crippen molar-refractivity contribution >= 4 is 5.97 Å². The van der Waals surface area contributed by atoms with Gasteiger partial charge in [0, 0.05) is 24.3 Å². The van der Waals surface area contributed by atoms with E-state index in [9.17, 15) is 45.6 Å². The molecular formula is C36H58O10. The third kappa shape index (κ3) is 18.7. The molecule has 0 bridgehead atoms. The number of aliphatic hydroxyl groups excluding tert-OH is 8. The molecule has 0 saturated carbocycles. The van der Waals surface area contributed by atoms with E-state index >= 15 is 0 Å². The molecule has 0 amide bonds. The lowest BCUT2D eigenvalue weighted by molar-refractivity contribution is -0.147. The summed E-state index contributed by atoms with van der Waals surface area (Å²) in [5.74, 6) is -1.25. The molecule has 1 heterocycles. The minimum absolute atomic E-state index is 0.00324. The monoisotopic (exact) mass is 650 g/mol. The maximum absolute atomic E-state index is 12.4. The second-order valence-electron chi connectivity index (χ2n) is 12.8. The SMILES string of the molecule is CC(C)[C@@H]1OC(=O)C=CC=CC=CC=CC=CC[C@@H](O)[C@H](C)[C@@H](O)C[C@H](O)C[C@H](O)C[C@H](O)CC(O)C[C@H](O)C[C@H](O)C=C[C@@H]1C. The van der Waals surface area contributed by atoms with Crippen LogP contribution in [0.4, 0.5) is 0 Å². The first kappa shape index (κ1) is 41.6. The van der Waals surface area contributed by atoms with E-state index in [-0.39, 0.29) is 50.4 Å². The van der Waals surface area contributed by atoms with Crippen molar-refractivity contribution in [3.63, 3.8) is 0 Å². The minimum Gasteiger partial charge on any atom is -0.458 e. The molecule has 46 heavy (non-hydrogen) atoms. The Labute approximate surface area is 274 Å². The highest BCUT2D eigenvalue weighted by Crippen LogP contribution is 2.22. The number of hydrogen-bond acceptors (Lipinski definition) is 10. The van der Waals surface area contributed by atoms with E-state index in [0.29, 0.717) is 6.42 Å². The van der Waals surface area contributed by atoms with Crippen LogP contribution in [-0.4, -0.2) is 102 Å². The summed E-state index contributed by atoms with van der Waals surface area (Å²) < 4.78 is 5.65. The zero-order valence-corrected chi connectivity index (χ0v) is 27.7. The number of carbonyl (C=O) groups excluding carboxylic acids is 1. The van der Waals surface area contributed by atoms with Gasteiger partial charge in [-0.05, 0) is 44.4 Å². The zero-order valence-electron chi connectivity index (χ0n) is 27.7. The Morgan fingerprint density at radius 1 is 0.609 bits per heavy atom. The average Bonchev–Trinajstić information content (AvgIpc) is 2.95. The third-order valence-electron chi connectivity index (χ3n) is 8.01. The van der Waals surface area contributed by atoms with Crippen LogP contribution in [0, 0.1) is 17.8 Å². The first-order valence-electron chi connectivity index (χ1n) is 16.4. The van der Waals surface area contributed by atoms with Crippen LogP contribution in [0.5, 0.6) is 0 Å². The third-order valence-corrected chi connectivity index (χ3v) is 8.01. The van der Waals surface area contributed by atoms with Gasteiger partial charge < -0.3 is 45.6 Å². The van der Waals surface area contributed by atoms with Crippen LogP contribution in [0.25, 0.3) is 0 Å². The van der Waals surface area contributed by atoms with Crippen molar-refractivity contribution in [2.45, 2.75) is 128 Å². The Bertz CT molecular complexity index is 1020. The summed E-state index contributed by atoms with van der Waals surface area (Å²) in [6.07, 6.45) is 11.3. The van der Waals surface area contributed by atoms with Crippen LogP contribution in [-0.2, 0) is 9.53 Å². The standard InChI is InChI=1S/C36H58O10/c1-24(2)36-25(3)16-17-27(37)18-28(38)19-29(39)20-30(40)21-31(41)22-32(42)23-34(44)26(4)33(43)14-12-10-8-6-5-7-9-11-13-15-35(45)46-36/h5-13,15-17,24-34,36-44H,14,18-23H2,1-4H3/t25-,26-,27+,28+,29?,30+,31+,32+,33+,34-,36-/m0/s1. The molecule has 0 spiro atoms. The normalized spacial score (nSPS) is 36.2. The first-order chi connectivity index (χ1) is 21.7. The predicted molar refractivity (Wildman–Crippen MR) is 178 cm³/mol. The van der Waals surface area contributed by atoms with Gasteiger partial charge in [-0.1, -0.05) is 94.5 Å². The molecular weight excluding hydrogens is 592 g/mol. The molecule has 0 aromatic heterocycles. The van der Waals surface area contributed by atoms with Gasteiger partial charge >= 0.3 is 5.97 Å². The van der Waals surface area contributed by atoms with Gasteiger partial charge in [-0.25, -0.2) is 4.79 Å². The van der Waals surface area contributed by atoms with Crippen molar-refractivity contribution in [3.05, 3.63) is 72.9 Å². The van der Waals surface area contributed by atoms with Crippen LogP contribution >= 0.6 is 0 Å². The van der Waals surface area contributed by atoms with E-state index in [4.69, 9.17) is 4.74 Å². The molecule has 1 rings (SSSR count). The molecule has 0 aromatic rings. The van der Waals surface area contributed by atoms with Crippen molar-refractivity contribution in [1.29, 1.82) is 0 Å². The number of rotatable bonds is 1. The van der Waals surface area contributed by atoms with Gasteiger partial charge in [0.05, 0.1) is 48.8 Å². The minimum atomic E-state index is -1.10. The van der Waals surface area contributed by atoms with E-state index < -0.39 is 66.8 Å². The van der Waals surface area contributed by atoms with Gasteiger partial charge in [0.15, 0.2) is 0 Å². The highest BCUT2D eigenvalue weighted by atomic mass is 16.5. The Kier molecular flexibility index (Phi) is 20.8. The number of hydrogen-bond donors (Lipinski definition) is 8. The van der Waals surface area contributed by atoms with Crippen LogP contribution < -0.4 is 0 Å². The smallest absolute Gasteiger partial charge is 0.331 e. The number of allylic oxidation sites excluding steroid dienone is 8. The summed E-state index contributed by atoms with van der Waals surface area (Å²) in [7, 11) is 0. The van der Waals surface area contributed by atoms with E-state index in [2.05, 4.69) is 0 Å². The molecule has 10 heteroatoms. The molecule has 1 unspecified atom stereocenters. The summed E-state index contributed by atoms with van der Waals surface area (Å²) >= 11 is 0. The first-order valence-corrected chi connectivity index (χ1v) is 16.4. The lowest BCUT2D eigenvalue weighted by Crippen LogP contribution is -2.34. The zero-order chi connectivity index (χ0) is 34.6. The second kappa shape index (κ2) is 23.0. The van der Waals surface area contributed by atoms with E-state index in [0.717, 1.165) is 0 Å². The summed E-state index contributed by atoms with van der Waals surface area (Å²) in [5, 5.41) is 83.2. The van der Waals surface area contributed by atoms with Gasteiger partial charge in [-0.15, -0.1) is 0 Å². The Hall–Kier alpha value is -2.41. The summed E-state index contributed by atoms with van der Waals surface area (Å²) in [6, 6.07) is 0. The molecule has 1 aliphatic rings. The fourth-order valence-corrected chi connectivity index (χ4v) is 5.31. The van der Waals surface area contributed by atoms with Crippen LogP contribution in [0.1, 0.15) is 72.6 Å². The van der Waals surface area contributed by atoms with Gasteiger partial charge in [-0.3, -0.25) is 0 Å². The molecule has 11 atom stereocenters. The van der Waals surface area contributed by atoms with Crippen molar-refractivity contribution in [2.24, 2.45) is 17.8 Å².